The highest BCUT2D eigenvalue weighted by Gasteiger charge is 2.51. The van der Waals surface area contributed by atoms with Crippen LogP contribution >= 0.6 is 0 Å². The number of carbonyl (C=O) groups excluding carboxylic acids is 2. The van der Waals surface area contributed by atoms with E-state index in [0.29, 0.717) is 12.8 Å². The summed E-state index contributed by atoms with van der Waals surface area (Å²) in [5, 5.41) is 0. The fourth-order valence-corrected chi connectivity index (χ4v) is 4.67. The smallest absolute Gasteiger partial charge is 0.234 e. The summed E-state index contributed by atoms with van der Waals surface area (Å²) in [6, 6.07) is 9.80. The van der Waals surface area contributed by atoms with E-state index in [1.165, 1.54) is 6.42 Å². The minimum absolute atomic E-state index is 0.112. The number of nitrogens with zero attached hydrogens (tertiary/aromatic N) is 2. The van der Waals surface area contributed by atoms with Crippen molar-refractivity contribution < 1.29 is 9.59 Å². The molecule has 4 rings (SSSR count). The normalized spacial score (nSPS) is 26.9. The van der Waals surface area contributed by atoms with Crippen LogP contribution in [0.25, 0.3) is 0 Å². The predicted octanol–water partition coefficient (Wildman–Crippen LogP) is 3.88. The summed E-state index contributed by atoms with van der Waals surface area (Å²) in [6.45, 7) is 1.74. The van der Waals surface area contributed by atoms with Crippen molar-refractivity contribution in [2.45, 2.75) is 51.4 Å². The molecule has 0 N–H and O–H groups in total. The summed E-state index contributed by atoms with van der Waals surface area (Å²) in [5.74, 6) is 0.369. The number of benzene rings is 1. The fraction of sp³-hybridized carbons (Fsp3) is 0.524. The van der Waals surface area contributed by atoms with Gasteiger partial charge >= 0.3 is 0 Å². The summed E-state index contributed by atoms with van der Waals surface area (Å²) in [4.78, 5) is 30.2. The Labute approximate surface area is 149 Å². The van der Waals surface area contributed by atoms with E-state index in [0.717, 1.165) is 56.6 Å². The Morgan fingerprint density at radius 2 is 1.72 bits per heavy atom. The minimum Gasteiger partial charge on any atom is -0.342 e. The second kappa shape index (κ2) is 6.66. The molecule has 2 heterocycles. The maximum Gasteiger partial charge on any atom is 0.234 e. The lowest BCUT2D eigenvalue weighted by molar-refractivity contribution is -0.143. The van der Waals surface area contributed by atoms with Gasteiger partial charge in [0, 0.05) is 30.9 Å². The molecule has 25 heavy (non-hydrogen) atoms. The number of hydrogen-bond donors (Lipinski definition) is 0. The van der Waals surface area contributed by atoms with Crippen molar-refractivity contribution in [3.8, 4) is 0 Å². The number of anilines is 1. The second-order valence-electron chi connectivity index (χ2n) is 7.48. The Morgan fingerprint density at radius 1 is 0.960 bits per heavy atom. The molecular weight excluding hydrogens is 312 g/mol. The van der Waals surface area contributed by atoms with Crippen molar-refractivity contribution in [1.82, 2.24) is 4.90 Å². The van der Waals surface area contributed by atoms with Gasteiger partial charge in [-0.3, -0.25) is 14.5 Å². The molecule has 0 saturated carbocycles. The molecule has 0 aromatic heterocycles. The number of piperidine rings is 2. The van der Waals surface area contributed by atoms with Crippen molar-refractivity contribution in [3.05, 3.63) is 42.1 Å². The van der Waals surface area contributed by atoms with Crippen LogP contribution in [0, 0.1) is 5.41 Å². The lowest BCUT2D eigenvalue weighted by Crippen LogP contribution is -2.55. The molecule has 1 unspecified atom stereocenters. The zero-order valence-corrected chi connectivity index (χ0v) is 14.7. The molecule has 4 nitrogen and oxygen atoms in total. The molecule has 0 radical (unpaired) electrons. The Balaban J connectivity index is 1.73. The topological polar surface area (TPSA) is 40.6 Å². The summed E-state index contributed by atoms with van der Waals surface area (Å²) < 4.78 is 0. The van der Waals surface area contributed by atoms with Crippen LogP contribution in [0.1, 0.15) is 51.4 Å². The van der Waals surface area contributed by atoms with Crippen LogP contribution in [0.5, 0.6) is 0 Å². The molecule has 2 amide bonds. The van der Waals surface area contributed by atoms with Gasteiger partial charge in [-0.1, -0.05) is 24.3 Å². The first-order valence-electron chi connectivity index (χ1n) is 9.60. The van der Waals surface area contributed by atoms with Crippen molar-refractivity contribution in [2.24, 2.45) is 5.41 Å². The van der Waals surface area contributed by atoms with Gasteiger partial charge in [0.15, 0.2) is 0 Å². The SMILES string of the molecule is O=C1CCC2(C(=O)N3CCCCC3)CCCC=C2N1c1ccccc1. The summed E-state index contributed by atoms with van der Waals surface area (Å²) in [5.41, 5.74) is 1.33. The number of rotatable bonds is 2. The molecule has 0 spiro atoms. The summed E-state index contributed by atoms with van der Waals surface area (Å²) >= 11 is 0. The van der Waals surface area contributed by atoms with Gasteiger partial charge < -0.3 is 4.90 Å². The molecule has 1 aromatic carbocycles. The van der Waals surface area contributed by atoms with Crippen molar-refractivity contribution in [3.63, 3.8) is 0 Å². The molecule has 0 bridgehead atoms. The third kappa shape index (κ3) is 2.78. The average molecular weight is 338 g/mol. The average Bonchev–Trinajstić information content (AvgIpc) is 2.69. The number of hydrogen-bond acceptors (Lipinski definition) is 2. The molecular formula is C21H26N2O2. The predicted molar refractivity (Wildman–Crippen MR) is 98.0 cm³/mol. The highest BCUT2D eigenvalue weighted by Crippen LogP contribution is 2.49. The zero-order valence-electron chi connectivity index (χ0n) is 14.7. The van der Waals surface area contributed by atoms with Crippen molar-refractivity contribution >= 4 is 17.5 Å². The lowest BCUT2D eigenvalue weighted by atomic mass is 9.68. The van der Waals surface area contributed by atoms with Crippen LogP contribution in [0.4, 0.5) is 5.69 Å². The standard InChI is InChI=1S/C21H26N2O2/c24-19-12-14-21(20(25)22-15-7-2-8-16-22)13-6-5-11-18(21)23(19)17-9-3-1-4-10-17/h1,3-4,9-11H,2,5-8,12-16H2. The minimum atomic E-state index is -0.501. The summed E-state index contributed by atoms with van der Waals surface area (Å²) in [7, 11) is 0. The first kappa shape index (κ1) is 16.4. The summed E-state index contributed by atoms with van der Waals surface area (Å²) in [6.07, 6.45) is 9.52. The van der Waals surface area contributed by atoms with E-state index in [4.69, 9.17) is 0 Å². The highest BCUT2D eigenvalue weighted by atomic mass is 16.2. The van der Waals surface area contributed by atoms with Gasteiger partial charge in [-0.05, 0) is 57.1 Å². The Hall–Kier alpha value is -2.10. The van der Waals surface area contributed by atoms with E-state index >= 15 is 0 Å². The fourth-order valence-electron chi connectivity index (χ4n) is 4.67. The quantitative estimate of drug-likeness (QED) is 0.821. The third-order valence-electron chi connectivity index (χ3n) is 5.96. The Bertz CT molecular complexity index is 691. The zero-order chi connectivity index (χ0) is 17.3. The van der Waals surface area contributed by atoms with E-state index in [1.807, 2.05) is 35.2 Å². The third-order valence-corrected chi connectivity index (χ3v) is 5.96. The van der Waals surface area contributed by atoms with Gasteiger partial charge in [-0.25, -0.2) is 0 Å². The molecule has 1 aliphatic carbocycles. The molecule has 4 heteroatoms. The first-order chi connectivity index (χ1) is 12.2. The van der Waals surface area contributed by atoms with Crippen LogP contribution in [-0.2, 0) is 9.59 Å². The number of fused-ring (bicyclic) bond motifs is 1. The van der Waals surface area contributed by atoms with Gasteiger partial charge in [0.2, 0.25) is 11.8 Å². The van der Waals surface area contributed by atoms with E-state index in [2.05, 4.69) is 11.0 Å². The van der Waals surface area contributed by atoms with E-state index in [1.54, 1.807) is 0 Å². The van der Waals surface area contributed by atoms with Gasteiger partial charge in [0.1, 0.15) is 0 Å². The maximum atomic E-state index is 13.5. The molecule has 2 fully saturated rings. The number of para-hydroxylation sites is 1. The van der Waals surface area contributed by atoms with Crippen molar-refractivity contribution in [2.75, 3.05) is 18.0 Å². The lowest BCUT2D eigenvalue weighted by Gasteiger charge is -2.48. The molecule has 1 aromatic rings. The Morgan fingerprint density at radius 3 is 2.48 bits per heavy atom. The van der Waals surface area contributed by atoms with Gasteiger partial charge in [0.05, 0.1) is 5.41 Å². The van der Waals surface area contributed by atoms with Crippen LogP contribution in [-0.4, -0.2) is 29.8 Å². The number of carbonyl (C=O) groups is 2. The molecule has 1 atom stereocenters. The molecule has 2 aliphatic heterocycles. The van der Waals surface area contributed by atoms with Gasteiger partial charge in [-0.15, -0.1) is 0 Å². The largest absolute Gasteiger partial charge is 0.342 e. The molecule has 2 saturated heterocycles. The van der Waals surface area contributed by atoms with Gasteiger partial charge in [0.25, 0.3) is 0 Å². The van der Waals surface area contributed by atoms with Crippen LogP contribution in [0.3, 0.4) is 0 Å². The van der Waals surface area contributed by atoms with Crippen LogP contribution in [0.15, 0.2) is 42.1 Å². The maximum absolute atomic E-state index is 13.5. The first-order valence-corrected chi connectivity index (χ1v) is 9.60. The number of amides is 2. The Kier molecular flexibility index (Phi) is 4.36. The second-order valence-corrected chi connectivity index (χ2v) is 7.48. The number of likely N-dealkylation sites (tertiary alicyclic amines) is 1. The number of allylic oxidation sites excluding steroid dienone is 1. The molecule has 132 valence electrons. The van der Waals surface area contributed by atoms with Crippen LogP contribution in [0.2, 0.25) is 0 Å². The van der Waals surface area contributed by atoms with E-state index < -0.39 is 5.41 Å². The van der Waals surface area contributed by atoms with Crippen LogP contribution < -0.4 is 4.90 Å². The molecule has 3 aliphatic rings. The van der Waals surface area contributed by atoms with E-state index in [9.17, 15) is 9.59 Å². The monoisotopic (exact) mass is 338 g/mol. The van der Waals surface area contributed by atoms with Gasteiger partial charge in [-0.2, -0.15) is 0 Å². The van der Waals surface area contributed by atoms with Crippen molar-refractivity contribution in [1.29, 1.82) is 0 Å². The van der Waals surface area contributed by atoms with E-state index in [-0.39, 0.29) is 11.8 Å². The highest BCUT2D eigenvalue weighted by molar-refractivity contribution is 6.02.